The van der Waals surface area contributed by atoms with Crippen LogP contribution in [-0.4, -0.2) is 52.3 Å². The number of hydrogen-bond acceptors (Lipinski definition) is 10. The summed E-state index contributed by atoms with van der Waals surface area (Å²) in [6, 6.07) is 13.0. The second-order valence-corrected chi connectivity index (χ2v) is 10.0. The van der Waals surface area contributed by atoms with E-state index in [1.165, 1.54) is 17.8 Å². The highest BCUT2D eigenvalue weighted by atomic mass is 32.2. The Hall–Kier alpha value is -3.73. The maximum absolute atomic E-state index is 11.7. The predicted molar refractivity (Wildman–Crippen MR) is 142 cm³/mol. The summed E-state index contributed by atoms with van der Waals surface area (Å²) in [5, 5.41) is 16.0. The molecule has 3 heterocycles. The minimum atomic E-state index is -0.363. The molecule has 0 amide bonds. The van der Waals surface area contributed by atoms with Crippen LogP contribution in [0.4, 0.5) is 23.5 Å². The van der Waals surface area contributed by atoms with Crippen LogP contribution in [0, 0.1) is 17.0 Å². The van der Waals surface area contributed by atoms with Gasteiger partial charge in [-0.15, -0.1) is 0 Å². The van der Waals surface area contributed by atoms with Gasteiger partial charge in [-0.3, -0.25) is 10.1 Å². The second-order valence-electron chi connectivity index (χ2n) is 8.92. The molecule has 2 fully saturated rings. The second kappa shape index (κ2) is 10.9. The first-order valence-electron chi connectivity index (χ1n) is 12.1. The number of hydrazone groups is 1. The first-order chi connectivity index (χ1) is 17.5. The zero-order chi connectivity index (χ0) is 24.9. The molecule has 0 spiro atoms. The van der Waals surface area contributed by atoms with Crippen molar-refractivity contribution in [1.29, 1.82) is 0 Å². The van der Waals surface area contributed by atoms with Crippen LogP contribution in [0.25, 0.3) is 0 Å². The Morgan fingerprint density at radius 3 is 2.14 bits per heavy atom. The topological polar surface area (TPSA) is 113 Å². The van der Waals surface area contributed by atoms with Crippen molar-refractivity contribution in [2.24, 2.45) is 5.10 Å². The third kappa shape index (κ3) is 5.73. The lowest BCUT2D eigenvalue weighted by molar-refractivity contribution is -0.387. The van der Waals surface area contributed by atoms with Gasteiger partial charge in [-0.25, -0.2) is 5.43 Å². The van der Waals surface area contributed by atoms with Crippen molar-refractivity contribution in [2.45, 2.75) is 42.4 Å². The quantitative estimate of drug-likeness (QED) is 0.260. The molecule has 2 aliphatic heterocycles. The number of hydrogen-bond donors (Lipinski definition) is 1. The van der Waals surface area contributed by atoms with E-state index in [4.69, 9.17) is 4.98 Å². The molecule has 0 aliphatic carbocycles. The van der Waals surface area contributed by atoms with E-state index in [2.05, 4.69) is 30.3 Å². The first-order valence-corrected chi connectivity index (χ1v) is 12.9. The van der Waals surface area contributed by atoms with Crippen molar-refractivity contribution in [3.63, 3.8) is 0 Å². The summed E-state index contributed by atoms with van der Waals surface area (Å²) in [7, 11) is 0. The molecule has 0 radical (unpaired) electrons. The Bertz CT molecular complexity index is 1220. The van der Waals surface area contributed by atoms with Gasteiger partial charge in [0, 0.05) is 42.7 Å². The standard InChI is InChI=1S/C25H28N8O2S/c1-18-6-9-20(10-7-18)36-22-11-8-19(16-21(22)33(34)35)17-26-30-23-27-24(31-12-2-3-13-31)29-25(28-23)32-14-4-5-15-32/h6-11,16-17H,2-5,12-15H2,1H3,(H,27,28,29,30). The minimum Gasteiger partial charge on any atom is -0.341 e. The molecule has 0 unspecified atom stereocenters. The highest BCUT2D eigenvalue weighted by Crippen LogP contribution is 2.35. The summed E-state index contributed by atoms with van der Waals surface area (Å²) in [5.74, 6) is 1.69. The lowest BCUT2D eigenvalue weighted by Crippen LogP contribution is -2.25. The molecule has 36 heavy (non-hydrogen) atoms. The third-order valence-corrected chi connectivity index (χ3v) is 7.27. The molecule has 1 N–H and O–H groups in total. The molecule has 5 rings (SSSR count). The lowest BCUT2D eigenvalue weighted by Gasteiger charge is -2.20. The maximum atomic E-state index is 11.7. The van der Waals surface area contributed by atoms with E-state index in [-0.39, 0.29) is 10.6 Å². The van der Waals surface area contributed by atoms with Crippen molar-refractivity contribution in [2.75, 3.05) is 41.4 Å². The Labute approximate surface area is 214 Å². The molecule has 0 saturated carbocycles. The van der Waals surface area contributed by atoms with E-state index >= 15 is 0 Å². The zero-order valence-corrected chi connectivity index (χ0v) is 20.9. The average molecular weight is 505 g/mol. The molecule has 0 bridgehead atoms. The Kier molecular flexibility index (Phi) is 7.26. The largest absolute Gasteiger partial charge is 0.341 e. The molecule has 186 valence electrons. The molecular weight excluding hydrogens is 476 g/mol. The Morgan fingerprint density at radius 1 is 0.944 bits per heavy atom. The van der Waals surface area contributed by atoms with Gasteiger partial charge in [0.05, 0.1) is 16.0 Å². The molecule has 2 aliphatic rings. The van der Waals surface area contributed by atoms with Gasteiger partial charge >= 0.3 is 0 Å². The van der Waals surface area contributed by atoms with Crippen LogP contribution in [-0.2, 0) is 0 Å². The average Bonchev–Trinajstić information content (AvgIpc) is 3.61. The summed E-state index contributed by atoms with van der Waals surface area (Å²) in [6.07, 6.45) is 6.05. The molecule has 2 saturated heterocycles. The minimum absolute atomic E-state index is 0.0392. The number of anilines is 3. The van der Waals surface area contributed by atoms with Gasteiger partial charge in [0.2, 0.25) is 17.8 Å². The molecule has 0 atom stereocenters. The summed E-state index contributed by atoms with van der Waals surface area (Å²) in [4.78, 5) is 31.1. The number of rotatable bonds is 8. The summed E-state index contributed by atoms with van der Waals surface area (Å²) < 4.78 is 0. The van der Waals surface area contributed by atoms with Crippen molar-refractivity contribution in [1.82, 2.24) is 15.0 Å². The van der Waals surface area contributed by atoms with Crippen molar-refractivity contribution in [3.8, 4) is 0 Å². The van der Waals surface area contributed by atoms with Crippen LogP contribution in [0.5, 0.6) is 0 Å². The van der Waals surface area contributed by atoms with E-state index in [0.717, 1.165) is 62.3 Å². The number of nitro benzene ring substituents is 1. The Balaban J connectivity index is 1.33. The fraction of sp³-hybridized carbons (Fsp3) is 0.360. The van der Waals surface area contributed by atoms with Crippen molar-refractivity contribution >= 4 is 41.5 Å². The summed E-state index contributed by atoms with van der Waals surface area (Å²) >= 11 is 1.37. The molecule has 11 heteroatoms. The fourth-order valence-corrected chi connectivity index (χ4v) is 5.16. The van der Waals surface area contributed by atoms with Crippen LogP contribution in [0.15, 0.2) is 57.4 Å². The van der Waals surface area contributed by atoms with E-state index in [1.807, 2.05) is 37.3 Å². The van der Waals surface area contributed by atoms with Crippen LogP contribution >= 0.6 is 11.8 Å². The zero-order valence-electron chi connectivity index (χ0n) is 20.1. The van der Waals surface area contributed by atoms with Crippen LogP contribution < -0.4 is 15.2 Å². The number of aryl methyl sites for hydroxylation is 1. The smallest absolute Gasteiger partial charge is 0.283 e. The SMILES string of the molecule is Cc1ccc(Sc2ccc(C=NNc3nc(N4CCCC4)nc(N4CCCC4)n3)cc2[N+](=O)[O-])cc1. The third-order valence-electron chi connectivity index (χ3n) is 6.20. The van der Waals surface area contributed by atoms with Gasteiger partial charge in [0.25, 0.3) is 5.69 Å². The Morgan fingerprint density at radius 2 is 1.56 bits per heavy atom. The van der Waals surface area contributed by atoms with E-state index in [0.29, 0.717) is 28.3 Å². The van der Waals surface area contributed by atoms with Gasteiger partial charge in [0.1, 0.15) is 0 Å². The van der Waals surface area contributed by atoms with Crippen LogP contribution in [0.3, 0.4) is 0 Å². The maximum Gasteiger partial charge on any atom is 0.283 e. The van der Waals surface area contributed by atoms with E-state index in [9.17, 15) is 10.1 Å². The first kappa shape index (κ1) is 24.0. The lowest BCUT2D eigenvalue weighted by atomic mass is 10.2. The molecule has 3 aromatic rings. The van der Waals surface area contributed by atoms with Crippen LogP contribution in [0.1, 0.15) is 36.8 Å². The number of nitrogens with zero attached hydrogens (tertiary/aromatic N) is 7. The van der Waals surface area contributed by atoms with Crippen molar-refractivity contribution < 1.29 is 4.92 Å². The van der Waals surface area contributed by atoms with Gasteiger partial charge in [-0.1, -0.05) is 35.5 Å². The predicted octanol–water partition coefficient (Wildman–Crippen LogP) is 4.89. The van der Waals surface area contributed by atoms with Gasteiger partial charge in [-0.05, 0) is 50.8 Å². The number of aromatic nitrogens is 3. The molecule has 1 aromatic heterocycles. The van der Waals surface area contributed by atoms with Crippen LogP contribution in [0.2, 0.25) is 0 Å². The molecular formula is C25H28N8O2S. The van der Waals surface area contributed by atoms with Gasteiger partial charge < -0.3 is 9.80 Å². The highest BCUT2D eigenvalue weighted by Gasteiger charge is 2.21. The number of benzene rings is 2. The summed E-state index contributed by atoms with van der Waals surface area (Å²) in [6.45, 7) is 5.74. The van der Waals surface area contributed by atoms with E-state index < -0.39 is 0 Å². The highest BCUT2D eigenvalue weighted by molar-refractivity contribution is 7.99. The summed E-state index contributed by atoms with van der Waals surface area (Å²) in [5.41, 5.74) is 4.70. The monoisotopic (exact) mass is 504 g/mol. The van der Waals surface area contributed by atoms with Crippen molar-refractivity contribution in [3.05, 3.63) is 63.7 Å². The normalized spacial score (nSPS) is 15.7. The van der Waals surface area contributed by atoms with Gasteiger partial charge in [-0.2, -0.15) is 20.1 Å². The van der Waals surface area contributed by atoms with Gasteiger partial charge in [0.15, 0.2) is 0 Å². The fourth-order valence-electron chi connectivity index (χ4n) is 4.26. The van der Waals surface area contributed by atoms with E-state index in [1.54, 1.807) is 12.3 Å². The molecule has 10 nitrogen and oxygen atoms in total. The number of nitrogens with one attached hydrogen (secondary N) is 1. The number of nitro groups is 1. The molecule has 2 aromatic carbocycles.